The summed E-state index contributed by atoms with van der Waals surface area (Å²) in [5.74, 6) is 0. The van der Waals surface area contributed by atoms with Gasteiger partial charge >= 0.3 is 0 Å². The van der Waals surface area contributed by atoms with E-state index in [2.05, 4.69) is 33.9 Å². The molecule has 0 aliphatic rings. The molecule has 0 amide bonds. The lowest BCUT2D eigenvalue weighted by Crippen LogP contribution is -2.46. The van der Waals surface area contributed by atoms with E-state index in [-0.39, 0.29) is 24.0 Å². The zero-order chi connectivity index (χ0) is 14.4. The standard InChI is InChI=1S/C13H28O4Si/c1-11(12(8-9-14)16-10-15-5)17-18(6,7)13(2,3)4/h9,11-12H,8,10H2,1-7H3/t11-,12-/m0/s1. The molecule has 0 saturated heterocycles. The van der Waals surface area contributed by atoms with Gasteiger partial charge in [0.05, 0.1) is 12.2 Å². The zero-order valence-electron chi connectivity index (χ0n) is 12.8. The number of hydrogen-bond acceptors (Lipinski definition) is 4. The Kier molecular flexibility index (Phi) is 7.28. The molecule has 2 atom stereocenters. The van der Waals surface area contributed by atoms with Gasteiger partial charge in [-0.05, 0) is 25.1 Å². The fourth-order valence-electron chi connectivity index (χ4n) is 1.36. The molecule has 0 unspecified atom stereocenters. The summed E-state index contributed by atoms with van der Waals surface area (Å²) >= 11 is 0. The van der Waals surface area contributed by atoms with Crippen molar-refractivity contribution in [3.8, 4) is 0 Å². The second-order valence-corrected chi connectivity index (χ2v) is 10.9. The van der Waals surface area contributed by atoms with E-state index in [0.29, 0.717) is 6.42 Å². The van der Waals surface area contributed by atoms with Gasteiger partial charge in [-0.15, -0.1) is 0 Å². The molecule has 0 saturated carbocycles. The molecule has 0 aliphatic carbocycles. The number of ether oxygens (including phenoxy) is 2. The maximum atomic E-state index is 10.7. The van der Waals surface area contributed by atoms with E-state index < -0.39 is 8.32 Å². The van der Waals surface area contributed by atoms with Crippen molar-refractivity contribution in [1.29, 1.82) is 0 Å². The Morgan fingerprint density at radius 2 is 1.83 bits per heavy atom. The Balaban J connectivity index is 4.58. The van der Waals surface area contributed by atoms with Crippen molar-refractivity contribution in [3.63, 3.8) is 0 Å². The Labute approximate surface area is 112 Å². The smallest absolute Gasteiger partial charge is 0.192 e. The summed E-state index contributed by atoms with van der Waals surface area (Å²) in [4.78, 5) is 10.7. The first-order chi connectivity index (χ1) is 8.15. The normalized spacial score (nSPS) is 16.4. The van der Waals surface area contributed by atoms with E-state index in [1.54, 1.807) is 7.11 Å². The first-order valence-corrected chi connectivity index (χ1v) is 9.28. The highest BCUT2D eigenvalue weighted by atomic mass is 28.4. The van der Waals surface area contributed by atoms with E-state index in [9.17, 15) is 4.79 Å². The molecule has 0 N–H and O–H groups in total. The SMILES string of the molecule is COCO[C@@H](CC=O)[C@H](C)O[Si](C)(C)C(C)(C)C. The van der Waals surface area contributed by atoms with E-state index in [4.69, 9.17) is 13.9 Å². The molecule has 0 rings (SSSR count). The minimum atomic E-state index is -1.84. The summed E-state index contributed by atoms with van der Waals surface area (Å²) in [6.45, 7) is 13.1. The van der Waals surface area contributed by atoms with Gasteiger partial charge in [-0.1, -0.05) is 20.8 Å². The van der Waals surface area contributed by atoms with Gasteiger partial charge in [-0.25, -0.2) is 0 Å². The van der Waals surface area contributed by atoms with Crippen LogP contribution < -0.4 is 0 Å². The molecule has 0 fully saturated rings. The van der Waals surface area contributed by atoms with Crippen LogP contribution in [-0.2, 0) is 18.7 Å². The predicted molar refractivity (Wildman–Crippen MR) is 75.2 cm³/mol. The molecule has 0 spiro atoms. The lowest BCUT2D eigenvalue weighted by molar-refractivity contribution is -0.124. The molecule has 0 heterocycles. The van der Waals surface area contributed by atoms with Gasteiger partial charge in [0.1, 0.15) is 13.1 Å². The molecular formula is C13H28O4Si. The zero-order valence-corrected chi connectivity index (χ0v) is 13.8. The first-order valence-electron chi connectivity index (χ1n) is 6.37. The van der Waals surface area contributed by atoms with Crippen molar-refractivity contribution in [2.75, 3.05) is 13.9 Å². The number of hydrogen-bond donors (Lipinski definition) is 0. The van der Waals surface area contributed by atoms with Gasteiger partial charge in [0.15, 0.2) is 8.32 Å². The van der Waals surface area contributed by atoms with Crippen LogP contribution in [0.25, 0.3) is 0 Å². The number of carbonyl (C=O) groups excluding carboxylic acids is 1. The van der Waals surface area contributed by atoms with Crippen LogP contribution in [0.5, 0.6) is 0 Å². The van der Waals surface area contributed by atoms with Crippen LogP contribution in [0, 0.1) is 0 Å². The molecule has 0 aromatic rings. The van der Waals surface area contributed by atoms with Gasteiger partial charge in [-0.3, -0.25) is 0 Å². The van der Waals surface area contributed by atoms with Crippen molar-refractivity contribution in [2.45, 2.75) is 64.5 Å². The minimum absolute atomic E-state index is 0.105. The van der Waals surface area contributed by atoms with E-state index in [1.807, 2.05) is 6.92 Å². The van der Waals surface area contributed by atoms with Gasteiger partial charge in [0, 0.05) is 13.5 Å². The molecular weight excluding hydrogens is 248 g/mol. The van der Waals surface area contributed by atoms with Crippen LogP contribution >= 0.6 is 0 Å². The quantitative estimate of drug-likeness (QED) is 0.388. The first kappa shape index (κ1) is 17.8. The Morgan fingerprint density at radius 3 is 2.22 bits per heavy atom. The van der Waals surface area contributed by atoms with Gasteiger partial charge in [0.2, 0.25) is 0 Å². The number of methoxy groups -OCH3 is 1. The van der Waals surface area contributed by atoms with Crippen LogP contribution in [0.15, 0.2) is 0 Å². The minimum Gasteiger partial charge on any atom is -0.412 e. The van der Waals surface area contributed by atoms with E-state index in [0.717, 1.165) is 6.29 Å². The Bertz CT molecular complexity index is 248. The third-order valence-corrected chi connectivity index (χ3v) is 8.11. The number of rotatable bonds is 8. The van der Waals surface area contributed by atoms with E-state index in [1.165, 1.54) is 0 Å². The van der Waals surface area contributed by atoms with Crippen molar-refractivity contribution in [1.82, 2.24) is 0 Å². The molecule has 0 aliphatic heterocycles. The summed E-state index contributed by atoms with van der Waals surface area (Å²) in [5, 5.41) is 0.147. The third kappa shape index (κ3) is 5.61. The maximum absolute atomic E-state index is 10.7. The summed E-state index contributed by atoms with van der Waals surface area (Å²) in [5.41, 5.74) is 0. The molecule has 0 aromatic carbocycles. The number of aldehydes is 1. The van der Waals surface area contributed by atoms with Crippen molar-refractivity contribution in [3.05, 3.63) is 0 Å². The molecule has 5 heteroatoms. The summed E-state index contributed by atoms with van der Waals surface area (Å²) in [7, 11) is -0.269. The summed E-state index contributed by atoms with van der Waals surface area (Å²) < 4.78 is 16.6. The molecule has 4 nitrogen and oxygen atoms in total. The average Bonchev–Trinajstić information content (AvgIpc) is 2.21. The fourth-order valence-corrected chi connectivity index (χ4v) is 2.80. The van der Waals surface area contributed by atoms with Crippen LogP contribution in [0.4, 0.5) is 0 Å². The highest BCUT2D eigenvalue weighted by molar-refractivity contribution is 6.74. The lowest BCUT2D eigenvalue weighted by Gasteiger charge is -2.40. The lowest BCUT2D eigenvalue weighted by atomic mass is 10.2. The molecule has 0 aromatic heterocycles. The average molecular weight is 276 g/mol. The molecule has 0 bridgehead atoms. The monoisotopic (exact) mass is 276 g/mol. The Hall–Kier alpha value is -0.233. The fraction of sp³-hybridized carbons (Fsp3) is 0.923. The number of carbonyl (C=O) groups is 1. The highest BCUT2D eigenvalue weighted by Crippen LogP contribution is 2.37. The van der Waals surface area contributed by atoms with E-state index >= 15 is 0 Å². The molecule has 108 valence electrons. The second-order valence-electron chi connectivity index (χ2n) is 6.10. The van der Waals surface area contributed by atoms with Crippen molar-refractivity contribution >= 4 is 14.6 Å². The van der Waals surface area contributed by atoms with Crippen LogP contribution in [-0.4, -0.2) is 40.7 Å². The maximum Gasteiger partial charge on any atom is 0.192 e. The third-order valence-electron chi connectivity index (χ3n) is 3.54. The molecule has 18 heavy (non-hydrogen) atoms. The second kappa shape index (κ2) is 7.38. The van der Waals surface area contributed by atoms with Crippen molar-refractivity contribution < 1.29 is 18.7 Å². The van der Waals surface area contributed by atoms with Crippen LogP contribution in [0.1, 0.15) is 34.1 Å². The van der Waals surface area contributed by atoms with Crippen LogP contribution in [0.2, 0.25) is 18.1 Å². The topological polar surface area (TPSA) is 44.8 Å². The van der Waals surface area contributed by atoms with Gasteiger partial charge in [-0.2, -0.15) is 0 Å². The highest BCUT2D eigenvalue weighted by Gasteiger charge is 2.39. The summed E-state index contributed by atoms with van der Waals surface area (Å²) in [6.07, 6.45) is 0.855. The summed E-state index contributed by atoms with van der Waals surface area (Å²) in [6, 6.07) is 0. The Morgan fingerprint density at radius 1 is 1.28 bits per heavy atom. The van der Waals surface area contributed by atoms with Gasteiger partial charge in [0.25, 0.3) is 0 Å². The van der Waals surface area contributed by atoms with Crippen LogP contribution in [0.3, 0.4) is 0 Å². The predicted octanol–water partition coefficient (Wildman–Crippen LogP) is 2.97. The largest absolute Gasteiger partial charge is 0.412 e. The van der Waals surface area contributed by atoms with Gasteiger partial charge < -0.3 is 18.7 Å². The molecule has 0 radical (unpaired) electrons. The van der Waals surface area contributed by atoms with Crippen molar-refractivity contribution in [2.24, 2.45) is 0 Å².